The summed E-state index contributed by atoms with van der Waals surface area (Å²) in [4.78, 5) is 22.8. The monoisotopic (exact) mass is 343 g/mol. The van der Waals surface area contributed by atoms with Crippen LogP contribution in [0, 0.1) is 0 Å². The standard InChI is InChI=1S/C19H29N5O/c1-3-6-14(2)22-19-21-13-16(15-8-9-15)18(23-19)20-10-5-12-24-11-4-7-17(24)25/h6,13,15H,3-5,7-12H2,1-2H3,(H2,20,21,22,23)/b14-6+. The molecule has 136 valence electrons. The van der Waals surface area contributed by atoms with Gasteiger partial charge in [0.05, 0.1) is 0 Å². The molecule has 25 heavy (non-hydrogen) atoms. The van der Waals surface area contributed by atoms with Gasteiger partial charge in [0.1, 0.15) is 5.82 Å². The van der Waals surface area contributed by atoms with E-state index in [1.54, 1.807) is 0 Å². The van der Waals surface area contributed by atoms with Gasteiger partial charge in [-0.2, -0.15) is 4.98 Å². The highest BCUT2D eigenvalue weighted by molar-refractivity contribution is 5.78. The summed E-state index contributed by atoms with van der Waals surface area (Å²) in [6.07, 6.45) is 10.2. The Kier molecular flexibility index (Phi) is 5.89. The summed E-state index contributed by atoms with van der Waals surface area (Å²) in [5.41, 5.74) is 2.29. The Hall–Kier alpha value is -2.11. The molecule has 1 aromatic heterocycles. The van der Waals surface area contributed by atoms with Gasteiger partial charge in [0.2, 0.25) is 11.9 Å². The molecule has 6 heteroatoms. The maximum absolute atomic E-state index is 11.7. The predicted octanol–water partition coefficient (Wildman–Crippen LogP) is 3.50. The largest absolute Gasteiger partial charge is 0.370 e. The number of carbonyl (C=O) groups excluding carboxylic acids is 1. The topological polar surface area (TPSA) is 70.2 Å². The Balaban J connectivity index is 1.57. The Morgan fingerprint density at radius 3 is 2.96 bits per heavy atom. The minimum atomic E-state index is 0.297. The number of nitrogens with one attached hydrogen (secondary N) is 2. The Morgan fingerprint density at radius 1 is 1.44 bits per heavy atom. The van der Waals surface area contributed by atoms with Gasteiger partial charge in [0, 0.05) is 43.5 Å². The van der Waals surface area contributed by atoms with Crippen molar-refractivity contribution in [2.24, 2.45) is 0 Å². The predicted molar refractivity (Wildman–Crippen MR) is 101 cm³/mol. The summed E-state index contributed by atoms with van der Waals surface area (Å²) in [5, 5.41) is 6.73. The highest BCUT2D eigenvalue weighted by atomic mass is 16.2. The first kappa shape index (κ1) is 17.7. The molecule has 0 atom stereocenters. The van der Waals surface area contributed by atoms with E-state index in [1.165, 1.54) is 18.4 Å². The zero-order chi connectivity index (χ0) is 17.6. The third-order valence-corrected chi connectivity index (χ3v) is 4.72. The minimum absolute atomic E-state index is 0.297. The van der Waals surface area contributed by atoms with Crippen LogP contribution in [-0.2, 0) is 4.79 Å². The van der Waals surface area contributed by atoms with Gasteiger partial charge in [-0.15, -0.1) is 0 Å². The van der Waals surface area contributed by atoms with Crippen molar-refractivity contribution in [2.45, 2.75) is 58.3 Å². The van der Waals surface area contributed by atoms with Crippen LogP contribution >= 0.6 is 0 Å². The maximum atomic E-state index is 11.7. The number of hydrogen-bond acceptors (Lipinski definition) is 5. The van der Waals surface area contributed by atoms with Crippen LogP contribution in [0.5, 0.6) is 0 Å². The number of rotatable bonds is 9. The molecule has 1 amide bonds. The fraction of sp³-hybridized carbons (Fsp3) is 0.632. The number of carbonyl (C=O) groups is 1. The fourth-order valence-corrected chi connectivity index (χ4v) is 3.24. The van der Waals surface area contributed by atoms with Gasteiger partial charge in [0.25, 0.3) is 0 Å². The van der Waals surface area contributed by atoms with E-state index in [0.717, 1.165) is 50.4 Å². The zero-order valence-electron chi connectivity index (χ0n) is 15.3. The molecule has 2 fully saturated rings. The Labute approximate surface area is 150 Å². The molecule has 1 saturated carbocycles. The summed E-state index contributed by atoms with van der Waals surface area (Å²) in [5.74, 6) is 2.48. The van der Waals surface area contributed by atoms with E-state index in [4.69, 9.17) is 0 Å². The van der Waals surface area contributed by atoms with E-state index in [2.05, 4.69) is 33.6 Å². The molecule has 1 aliphatic heterocycles. The number of aromatic nitrogens is 2. The minimum Gasteiger partial charge on any atom is -0.370 e. The smallest absolute Gasteiger partial charge is 0.228 e. The second-order valence-corrected chi connectivity index (χ2v) is 6.96. The molecular weight excluding hydrogens is 314 g/mol. The molecule has 2 N–H and O–H groups in total. The highest BCUT2D eigenvalue weighted by Crippen LogP contribution is 2.42. The van der Waals surface area contributed by atoms with Gasteiger partial charge in [-0.05, 0) is 44.9 Å². The van der Waals surface area contributed by atoms with E-state index in [-0.39, 0.29) is 0 Å². The first-order valence-electron chi connectivity index (χ1n) is 9.49. The lowest BCUT2D eigenvalue weighted by Crippen LogP contribution is -2.27. The van der Waals surface area contributed by atoms with Crippen molar-refractivity contribution < 1.29 is 4.79 Å². The normalized spacial score (nSPS) is 17.9. The number of hydrogen-bond donors (Lipinski definition) is 2. The molecule has 2 aliphatic rings. The van der Waals surface area contributed by atoms with Crippen molar-refractivity contribution in [2.75, 3.05) is 30.3 Å². The molecule has 1 saturated heterocycles. The summed E-state index contributed by atoms with van der Waals surface area (Å²) in [6, 6.07) is 0. The first-order valence-corrected chi connectivity index (χ1v) is 9.49. The number of anilines is 2. The number of likely N-dealkylation sites (tertiary alicyclic amines) is 1. The summed E-state index contributed by atoms with van der Waals surface area (Å²) in [7, 11) is 0. The van der Waals surface area contributed by atoms with Crippen LogP contribution in [0.1, 0.15) is 63.9 Å². The van der Waals surface area contributed by atoms with Crippen LogP contribution in [0.25, 0.3) is 0 Å². The third-order valence-electron chi connectivity index (χ3n) is 4.72. The first-order chi connectivity index (χ1) is 12.2. The molecule has 1 aromatic rings. The van der Waals surface area contributed by atoms with Crippen molar-refractivity contribution in [1.82, 2.24) is 14.9 Å². The van der Waals surface area contributed by atoms with Crippen molar-refractivity contribution in [3.8, 4) is 0 Å². The average molecular weight is 343 g/mol. The zero-order valence-corrected chi connectivity index (χ0v) is 15.3. The highest BCUT2D eigenvalue weighted by Gasteiger charge is 2.27. The van der Waals surface area contributed by atoms with Crippen LogP contribution in [0.2, 0.25) is 0 Å². The lowest BCUT2D eigenvalue weighted by atomic mass is 10.2. The molecule has 0 aromatic carbocycles. The van der Waals surface area contributed by atoms with Crippen LogP contribution in [0.4, 0.5) is 11.8 Å². The van der Waals surface area contributed by atoms with E-state index < -0.39 is 0 Å². The van der Waals surface area contributed by atoms with Gasteiger partial charge in [-0.25, -0.2) is 4.98 Å². The molecule has 0 radical (unpaired) electrons. The molecular formula is C19H29N5O. The molecule has 1 aliphatic carbocycles. The van der Waals surface area contributed by atoms with Gasteiger partial charge < -0.3 is 15.5 Å². The average Bonchev–Trinajstić information content (AvgIpc) is 3.35. The van der Waals surface area contributed by atoms with Crippen molar-refractivity contribution in [3.63, 3.8) is 0 Å². The molecule has 0 bridgehead atoms. The second kappa shape index (κ2) is 8.32. The summed E-state index contributed by atoms with van der Waals surface area (Å²) in [6.45, 7) is 6.71. The van der Waals surface area contributed by atoms with Crippen molar-refractivity contribution in [1.29, 1.82) is 0 Å². The second-order valence-electron chi connectivity index (χ2n) is 6.96. The van der Waals surface area contributed by atoms with Crippen molar-refractivity contribution in [3.05, 3.63) is 23.5 Å². The van der Waals surface area contributed by atoms with Gasteiger partial charge in [-0.1, -0.05) is 13.0 Å². The van der Waals surface area contributed by atoms with Crippen LogP contribution in [-0.4, -0.2) is 40.4 Å². The van der Waals surface area contributed by atoms with Crippen LogP contribution in [0.3, 0.4) is 0 Å². The summed E-state index contributed by atoms with van der Waals surface area (Å²) < 4.78 is 0. The van der Waals surface area contributed by atoms with Crippen molar-refractivity contribution >= 4 is 17.7 Å². The lowest BCUT2D eigenvalue weighted by Gasteiger charge is -2.16. The lowest BCUT2D eigenvalue weighted by molar-refractivity contribution is -0.127. The Bertz CT molecular complexity index is 639. The van der Waals surface area contributed by atoms with E-state index in [9.17, 15) is 4.79 Å². The third kappa shape index (κ3) is 4.94. The molecule has 0 spiro atoms. The maximum Gasteiger partial charge on any atom is 0.228 e. The molecule has 0 unspecified atom stereocenters. The van der Waals surface area contributed by atoms with Gasteiger partial charge in [0.15, 0.2) is 0 Å². The fourth-order valence-electron chi connectivity index (χ4n) is 3.24. The molecule has 3 rings (SSSR count). The van der Waals surface area contributed by atoms with Crippen LogP contribution in [0.15, 0.2) is 18.0 Å². The summed E-state index contributed by atoms with van der Waals surface area (Å²) >= 11 is 0. The van der Waals surface area contributed by atoms with E-state index in [0.29, 0.717) is 24.2 Å². The number of allylic oxidation sites excluding steroid dienone is 2. The van der Waals surface area contributed by atoms with E-state index >= 15 is 0 Å². The van der Waals surface area contributed by atoms with Gasteiger partial charge >= 0.3 is 0 Å². The Morgan fingerprint density at radius 2 is 2.28 bits per heavy atom. The SMILES string of the molecule is CC/C=C(\C)Nc1ncc(C2CC2)c(NCCCN2CCCC2=O)n1. The van der Waals surface area contributed by atoms with E-state index in [1.807, 2.05) is 18.0 Å². The number of nitrogens with zero attached hydrogens (tertiary/aromatic N) is 3. The quantitative estimate of drug-likeness (QED) is 0.672. The number of amides is 1. The molecule has 6 nitrogen and oxygen atoms in total. The van der Waals surface area contributed by atoms with Crippen LogP contribution < -0.4 is 10.6 Å². The molecule has 2 heterocycles. The van der Waals surface area contributed by atoms with Gasteiger partial charge in [-0.3, -0.25) is 4.79 Å².